The number of ether oxygens (including phenoxy) is 1. The van der Waals surface area contributed by atoms with Crippen molar-refractivity contribution in [2.75, 3.05) is 7.11 Å². The number of carbonyl (C=O) groups excluding carboxylic acids is 2. The van der Waals surface area contributed by atoms with Crippen LogP contribution in [0.25, 0.3) is 0 Å². The van der Waals surface area contributed by atoms with Crippen molar-refractivity contribution in [1.29, 1.82) is 0 Å². The highest BCUT2D eigenvalue weighted by molar-refractivity contribution is 7.89. The molecule has 160 valence electrons. The molecule has 1 aromatic rings. The Balaban J connectivity index is 1.95. The van der Waals surface area contributed by atoms with Crippen LogP contribution in [-0.2, 0) is 31.0 Å². The number of rotatable bonds is 5. The number of hydrazine groups is 1. The summed E-state index contributed by atoms with van der Waals surface area (Å²) in [6, 6.07) is 2.12. The lowest BCUT2D eigenvalue weighted by molar-refractivity contribution is -0.138. The number of fused-ring (bicyclic) bond motifs is 1. The lowest BCUT2D eigenvalue weighted by atomic mass is 10.2. The van der Waals surface area contributed by atoms with Crippen molar-refractivity contribution in [2.24, 2.45) is 4.99 Å². The van der Waals surface area contributed by atoms with Gasteiger partial charge in [0.25, 0.3) is 16.0 Å². The zero-order valence-electron chi connectivity index (χ0n) is 15.6. The van der Waals surface area contributed by atoms with Crippen LogP contribution in [0.1, 0.15) is 12.5 Å². The van der Waals surface area contributed by atoms with Crippen LogP contribution in [0, 0.1) is 11.6 Å². The van der Waals surface area contributed by atoms with Crippen molar-refractivity contribution < 1.29 is 36.1 Å². The molecule has 0 fully saturated rings. The molecule has 3 N–H and O–H groups in total. The summed E-state index contributed by atoms with van der Waals surface area (Å²) < 4.78 is 64.0. The number of carbonyl (C=O) groups is 2. The molecule has 1 unspecified atom stereocenters. The number of nitrogens with zero attached hydrogens (tertiary/aromatic N) is 2. The average Bonchev–Trinajstić information content (AvgIpc) is 3.03. The number of esters is 1. The highest BCUT2D eigenvalue weighted by Gasteiger charge is 2.41. The van der Waals surface area contributed by atoms with Crippen LogP contribution >= 0.6 is 0 Å². The van der Waals surface area contributed by atoms with Crippen molar-refractivity contribution in [1.82, 2.24) is 15.8 Å². The molecule has 1 atom stereocenters. The predicted molar refractivity (Wildman–Crippen MR) is 98.8 cm³/mol. The first kappa shape index (κ1) is 21.5. The lowest BCUT2D eigenvalue weighted by Gasteiger charge is -2.25. The Labute approximate surface area is 169 Å². The minimum atomic E-state index is -4.71. The predicted octanol–water partition coefficient (Wildman–Crippen LogP) is 0.358. The summed E-state index contributed by atoms with van der Waals surface area (Å²) in [5, 5.41) is 3.40. The number of amides is 1. The molecular formula is C17H16F2N4O6S. The molecule has 10 nitrogen and oxygen atoms in total. The molecule has 30 heavy (non-hydrogen) atoms. The third-order valence-electron chi connectivity index (χ3n) is 4.23. The molecule has 0 saturated carbocycles. The van der Waals surface area contributed by atoms with Gasteiger partial charge in [0.15, 0.2) is 17.5 Å². The van der Waals surface area contributed by atoms with E-state index < -0.39 is 44.6 Å². The van der Waals surface area contributed by atoms with Crippen molar-refractivity contribution in [3.63, 3.8) is 0 Å². The van der Waals surface area contributed by atoms with Crippen LogP contribution in [0.15, 0.2) is 45.7 Å². The number of benzene rings is 1. The fraction of sp³-hybridized carbons (Fsp3) is 0.235. The van der Waals surface area contributed by atoms with Gasteiger partial charge in [-0.15, -0.1) is 0 Å². The average molecular weight is 442 g/mol. The van der Waals surface area contributed by atoms with E-state index >= 15 is 0 Å². The van der Waals surface area contributed by atoms with E-state index in [9.17, 15) is 31.3 Å². The highest BCUT2D eigenvalue weighted by Crippen LogP contribution is 2.31. The zero-order chi connectivity index (χ0) is 22.2. The van der Waals surface area contributed by atoms with Crippen LogP contribution in [-0.4, -0.2) is 48.7 Å². The quantitative estimate of drug-likeness (QED) is 0.439. The molecule has 0 radical (unpaired) electrons. The Morgan fingerprint density at radius 2 is 2.03 bits per heavy atom. The van der Waals surface area contributed by atoms with E-state index in [1.54, 1.807) is 0 Å². The largest absolute Gasteiger partial charge is 0.464 e. The van der Waals surface area contributed by atoms with Gasteiger partial charge in [-0.1, -0.05) is 6.07 Å². The number of nitrogens with one attached hydrogen (secondary N) is 2. The molecule has 13 heteroatoms. The maximum absolute atomic E-state index is 13.3. The summed E-state index contributed by atoms with van der Waals surface area (Å²) in [7, 11) is -3.62. The highest BCUT2D eigenvalue weighted by atomic mass is 32.2. The monoisotopic (exact) mass is 442 g/mol. The lowest BCUT2D eigenvalue weighted by Crippen LogP contribution is -2.41. The summed E-state index contributed by atoms with van der Waals surface area (Å²) in [4.78, 5) is 28.0. The van der Waals surface area contributed by atoms with Crippen molar-refractivity contribution in [3.05, 3.63) is 57.9 Å². The number of hydrogen-bond acceptors (Lipinski definition) is 8. The Morgan fingerprint density at radius 1 is 1.33 bits per heavy atom. The van der Waals surface area contributed by atoms with E-state index in [2.05, 4.69) is 20.5 Å². The van der Waals surface area contributed by atoms with Crippen LogP contribution in [0.2, 0.25) is 0 Å². The molecule has 1 amide bonds. The summed E-state index contributed by atoms with van der Waals surface area (Å²) in [6.45, 7) is 1.21. The summed E-state index contributed by atoms with van der Waals surface area (Å²) >= 11 is 0. The first-order valence-corrected chi connectivity index (χ1v) is 9.85. The maximum atomic E-state index is 13.3. The van der Waals surface area contributed by atoms with Gasteiger partial charge in [-0.3, -0.25) is 14.4 Å². The molecule has 0 aliphatic carbocycles. The zero-order valence-corrected chi connectivity index (χ0v) is 16.5. The smallest absolute Gasteiger partial charge is 0.356 e. The third kappa shape index (κ3) is 4.08. The summed E-state index contributed by atoms with van der Waals surface area (Å²) in [5.74, 6) is -4.23. The molecule has 0 spiro atoms. The number of halogens is 2. The van der Waals surface area contributed by atoms with E-state index in [0.29, 0.717) is 0 Å². The standard InChI is InChI=1S/C17H16F2N4O6S/c1-8-14(30(26,27)28)15-21-12(6-13(17(25)29-2)23(15)22-8)16(24)20-7-9-3-4-10(18)11(19)5-9/h3-6,8,22H,7H2,1-2H3,(H,20,24)(H,26,27,28). The van der Waals surface area contributed by atoms with Gasteiger partial charge in [0.2, 0.25) is 0 Å². The van der Waals surface area contributed by atoms with Gasteiger partial charge in [0, 0.05) is 12.6 Å². The molecule has 2 aliphatic heterocycles. The molecule has 2 heterocycles. The number of aliphatic imine (C=N–C) groups is 1. The Kier molecular flexibility index (Phi) is 5.70. The second kappa shape index (κ2) is 7.93. The van der Waals surface area contributed by atoms with E-state index in [0.717, 1.165) is 30.3 Å². The first-order chi connectivity index (χ1) is 14.0. The van der Waals surface area contributed by atoms with E-state index in [1.165, 1.54) is 13.0 Å². The third-order valence-corrected chi connectivity index (χ3v) is 5.32. The van der Waals surface area contributed by atoms with Crippen molar-refractivity contribution >= 4 is 27.7 Å². The van der Waals surface area contributed by atoms with Gasteiger partial charge in [-0.05, 0) is 24.6 Å². The van der Waals surface area contributed by atoms with Crippen LogP contribution in [0.5, 0.6) is 0 Å². The Hall–Kier alpha value is -3.16. The summed E-state index contributed by atoms with van der Waals surface area (Å²) in [5.41, 5.74) is 2.29. The first-order valence-electron chi connectivity index (χ1n) is 8.41. The van der Waals surface area contributed by atoms with E-state index in [4.69, 9.17) is 0 Å². The van der Waals surface area contributed by atoms with Gasteiger partial charge in [0.1, 0.15) is 16.3 Å². The summed E-state index contributed by atoms with van der Waals surface area (Å²) in [6.07, 6.45) is 1.06. The fourth-order valence-corrected chi connectivity index (χ4v) is 3.75. The molecular weight excluding hydrogens is 426 g/mol. The molecule has 2 aliphatic rings. The molecule has 0 aromatic heterocycles. The van der Waals surface area contributed by atoms with Crippen molar-refractivity contribution in [2.45, 2.75) is 19.5 Å². The maximum Gasteiger partial charge on any atom is 0.356 e. The van der Waals surface area contributed by atoms with E-state index in [1.807, 2.05) is 0 Å². The molecule has 3 rings (SSSR count). The van der Waals surface area contributed by atoms with Gasteiger partial charge in [-0.25, -0.2) is 24.0 Å². The fourth-order valence-electron chi connectivity index (χ4n) is 2.88. The second-order valence-corrected chi connectivity index (χ2v) is 7.69. The van der Waals surface area contributed by atoms with E-state index in [-0.39, 0.29) is 29.3 Å². The number of methoxy groups -OCH3 is 1. The topological polar surface area (TPSA) is 137 Å². The SMILES string of the molecule is COC(=O)C1=CC(C(=O)NCc2ccc(F)c(F)c2)=NC2=C(S(=O)(=O)O)C(C)NN12. The molecule has 0 bridgehead atoms. The van der Waals surface area contributed by atoms with Gasteiger partial charge < -0.3 is 10.1 Å². The minimum absolute atomic E-state index is 0.195. The van der Waals surface area contributed by atoms with Crippen LogP contribution < -0.4 is 10.7 Å². The number of hydrogen-bond donors (Lipinski definition) is 3. The Bertz CT molecular complexity index is 1130. The molecule has 1 aromatic carbocycles. The van der Waals surface area contributed by atoms with Gasteiger partial charge in [-0.2, -0.15) is 8.42 Å². The normalized spacial score (nSPS) is 18.6. The van der Waals surface area contributed by atoms with Crippen molar-refractivity contribution in [3.8, 4) is 0 Å². The molecule has 0 saturated heterocycles. The Morgan fingerprint density at radius 3 is 2.63 bits per heavy atom. The van der Waals surface area contributed by atoms with Crippen LogP contribution in [0.3, 0.4) is 0 Å². The van der Waals surface area contributed by atoms with Gasteiger partial charge >= 0.3 is 5.97 Å². The van der Waals surface area contributed by atoms with Gasteiger partial charge in [0.05, 0.1) is 13.2 Å². The second-order valence-electron chi connectivity index (χ2n) is 6.30. The van der Waals surface area contributed by atoms with Crippen LogP contribution in [0.4, 0.5) is 8.78 Å². The minimum Gasteiger partial charge on any atom is -0.464 e.